The SMILES string of the molecule is COc1ccccc1CC(O)(Cn1cncn1)C(C)(C)C. The Kier molecular flexibility index (Phi) is 4.32. The van der Waals surface area contributed by atoms with Crippen LogP contribution < -0.4 is 4.74 Å². The van der Waals surface area contributed by atoms with Crippen LogP contribution in [0.2, 0.25) is 0 Å². The van der Waals surface area contributed by atoms with Crippen molar-refractivity contribution in [3.63, 3.8) is 0 Å². The maximum absolute atomic E-state index is 11.2. The molecule has 0 saturated heterocycles. The van der Waals surface area contributed by atoms with Crippen molar-refractivity contribution in [2.75, 3.05) is 7.11 Å². The molecular weight excluding hydrogens is 266 g/mol. The van der Waals surface area contributed by atoms with E-state index in [1.807, 2.05) is 45.0 Å². The zero-order valence-corrected chi connectivity index (χ0v) is 13.1. The van der Waals surface area contributed by atoms with Crippen molar-refractivity contribution < 1.29 is 9.84 Å². The highest BCUT2D eigenvalue weighted by atomic mass is 16.5. The van der Waals surface area contributed by atoms with E-state index in [9.17, 15) is 5.11 Å². The first-order chi connectivity index (χ1) is 9.86. The molecule has 0 radical (unpaired) electrons. The molecule has 2 aromatic rings. The maximum Gasteiger partial charge on any atom is 0.137 e. The van der Waals surface area contributed by atoms with Crippen LogP contribution in [0.1, 0.15) is 26.3 Å². The second-order valence-electron chi connectivity index (χ2n) is 6.36. The van der Waals surface area contributed by atoms with E-state index in [1.165, 1.54) is 6.33 Å². The Morgan fingerprint density at radius 3 is 2.52 bits per heavy atom. The number of benzene rings is 1. The lowest BCUT2D eigenvalue weighted by Gasteiger charge is -2.40. The molecule has 1 atom stereocenters. The molecule has 0 spiro atoms. The summed E-state index contributed by atoms with van der Waals surface area (Å²) in [7, 11) is 1.65. The van der Waals surface area contributed by atoms with Gasteiger partial charge in [0.1, 0.15) is 18.4 Å². The van der Waals surface area contributed by atoms with Crippen molar-refractivity contribution >= 4 is 0 Å². The first-order valence-corrected chi connectivity index (χ1v) is 7.02. The number of hydrogen-bond acceptors (Lipinski definition) is 4. The second kappa shape index (κ2) is 5.85. The molecule has 5 heteroatoms. The highest BCUT2D eigenvalue weighted by Gasteiger charge is 2.41. The fourth-order valence-electron chi connectivity index (χ4n) is 2.30. The van der Waals surface area contributed by atoms with Gasteiger partial charge in [0, 0.05) is 6.42 Å². The average Bonchev–Trinajstić information content (AvgIpc) is 2.90. The van der Waals surface area contributed by atoms with Crippen LogP contribution >= 0.6 is 0 Å². The van der Waals surface area contributed by atoms with Crippen LogP contribution in [0.5, 0.6) is 5.75 Å². The number of aromatic nitrogens is 3. The number of para-hydroxylation sites is 1. The van der Waals surface area contributed by atoms with Crippen LogP contribution in [0.3, 0.4) is 0 Å². The molecule has 0 aliphatic carbocycles. The Bertz CT molecular complexity index is 575. The summed E-state index contributed by atoms with van der Waals surface area (Å²) in [6, 6.07) is 7.77. The van der Waals surface area contributed by atoms with Gasteiger partial charge in [-0.25, -0.2) is 4.98 Å². The van der Waals surface area contributed by atoms with Crippen molar-refractivity contribution in [1.29, 1.82) is 0 Å². The largest absolute Gasteiger partial charge is 0.496 e. The Morgan fingerprint density at radius 2 is 1.95 bits per heavy atom. The third-order valence-electron chi connectivity index (χ3n) is 3.96. The van der Waals surface area contributed by atoms with Crippen molar-refractivity contribution in [1.82, 2.24) is 14.8 Å². The number of nitrogens with zero attached hydrogens (tertiary/aromatic N) is 3. The molecule has 1 aromatic heterocycles. The molecule has 0 aliphatic heterocycles. The number of hydrogen-bond donors (Lipinski definition) is 1. The molecule has 1 N–H and O–H groups in total. The van der Waals surface area contributed by atoms with E-state index in [4.69, 9.17) is 4.74 Å². The number of rotatable bonds is 5. The summed E-state index contributed by atoms with van der Waals surface area (Å²) < 4.78 is 7.06. The van der Waals surface area contributed by atoms with Gasteiger partial charge in [0.15, 0.2) is 0 Å². The molecule has 0 fully saturated rings. The summed E-state index contributed by atoms with van der Waals surface area (Å²) in [5.41, 5.74) is -0.299. The molecule has 1 unspecified atom stereocenters. The van der Waals surface area contributed by atoms with Gasteiger partial charge in [-0.1, -0.05) is 39.0 Å². The minimum atomic E-state index is -0.963. The van der Waals surface area contributed by atoms with Crippen LogP contribution in [0.4, 0.5) is 0 Å². The summed E-state index contributed by atoms with van der Waals surface area (Å²) in [5, 5.41) is 15.4. The zero-order chi connectivity index (χ0) is 15.5. The van der Waals surface area contributed by atoms with E-state index in [2.05, 4.69) is 10.1 Å². The lowest BCUT2D eigenvalue weighted by atomic mass is 9.73. The van der Waals surface area contributed by atoms with E-state index in [1.54, 1.807) is 18.1 Å². The Balaban J connectivity index is 2.32. The van der Waals surface area contributed by atoms with Gasteiger partial charge in [-0.2, -0.15) is 5.10 Å². The molecular formula is C16H23N3O2. The van der Waals surface area contributed by atoms with Crippen LogP contribution in [0.25, 0.3) is 0 Å². The summed E-state index contributed by atoms with van der Waals surface area (Å²) in [4.78, 5) is 3.95. The molecule has 2 rings (SSSR count). The molecule has 21 heavy (non-hydrogen) atoms. The summed E-state index contributed by atoms with van der Waals surface area (Å²) >= 11 is 0. The maximum atomic E-state index is 11.2. The van der Waals surface area contributed by atoms with E-state index in [0.717, 1.165) is 11.3 Å². The standard InChI is InChI=1S/C16H23N3O2/c1-15(2,3)16(20,10-19-12-17-11-18-19)9-13-7-5-6-8-14(13)21-4/h5-8,11-12,20H,9-10H2,1-4H3. The number of methoxy groups -OCH3 is 1. The summed E-state index contributed by atoms with van der Waals surface area (Å²) in [6.07, 6.45) is 3.59. The van der Waals surface area contributed by atoms with Crippen molar-refractivity contribution in [2.45, 2.75) is 39.3 Å². The fourth-order valence-corrected chi connectivity index (χ4v) is 2.30. The highest BCUT2D eigenvalue weighted by molar-refractivity contribution is 5.34. The van der Waals surface area contributed by atoms with Crippen LogP contribution in [-0.2, 0) is 13.0 Å². The van der Waals surface area contributed by atoms with Gasteiger partial charge in [-0.05, 0) is 17.0 Å². The summed E-state index contributed by atoms with van der Waals surface area (Å²) in [6.45, 7) is 6.46. The Hall–Kier alpha value is -1.88. The van der Waals surface area contributed by atoms with Gasteiger partial charge in [-0.3, -0.25) is 4.68 Å². The quantitative estimate of drug-likeness (QED) is 0.917. The molecule has 0 bridgehead atoms. The zero-order valence-electron chi connectivity index (χ0n) is 13.1. The number of aliphatic hydroxyl groups is 1. The first kappa shape index (κ1) is 15.5. The predicted molar refractivity (Wildman–Crippen MR) is 81.1 cm³/mol. The Morgan fingerprint density at radius 1 is 1.24 bits per heavy atom. The van der Waals surface area contributed by atoms with Gasteiger partial charge in [-0.15, -0.1) is 0 Å². The van der Waals surface area contributed by atoms with Crippen LogP contribution in [-0.4, -0.2) is 32.6 Å². The number of ether oxygens (including phenoxy) is 1. The monoisotopic (exact) mass is 289 g/mol. The normalized spacial score (nSPS) is 14.7. The van der Waals surface area contributed by atoms with Crippen LogP contribution in [0, 0.1) is 5.41 Å². The van der Waals surface area contributed by atoms with E-state index >= 15 is 0 Å². The fraction of sp³-hybridized carbons (Fsp3) is 0.500. The van der Waals surface area contributed by atoms with E-state index in [-0.39, 0.29) is 5.41 Å². The molecule has 0 saturated carbocycles. The van der Waals surface area contributed by atoms with Gasteiger partial charge < -0.3 is 9.84 Å². The van der Waals surface area contributed by atoms with Crippen molar-refractivity contribution in [3.8, 4) is 5.75 Å². The lowest BCUT2D eigenvalue weighted by Crippen LogP contribution is -2.48. The molecule has 1 heterocycles. The third-order valence-corrected chi connectivity index (χ3v) is 3.96. The van der Waals surface area contributed by atoms with Crippen molar-refractivity contribution in [2.24, 2.45) is 5.41 Å². The smallest absolute Gasteiger partial charge is 0.137 e. The second-order valence-corrected chi connectivity index (χ2v) is 6.36. The highest BCUT2D eigenvalue weighted by Crippen LogP contribution is 2.36. The molecule has 0 aliphatic rings. The average molecular weight is 289 g/mol. The minimum Gasteiger partial charge on any atom is -0.496 e. The van der Waals surface area contributed by atoms with Gasteiger partial charge in [0.25, 0.3) is 0 Å². The molecule has 114 valence electrons. The van der Waals surface area contributed by atoms with Crippen molar-refractivity contribution in [3.05, 3.63) is 42.5 Å². The lowest BCUT2D eigenvalue weighted by molar-refractivity contribution is -0.0733. The van der Waals surface area contributed by atoms with E-state index < -0.39 is 5.60 Å². The Labute approximate surface area is 125 Å². The molecule has 5 nitrogen and oxygen atoms in total. The first-order valence-electron chi connectivity index (χ1n) is 7.02. The molecule has 0 amide bonds. The third kappa shape index (κ3) is 3.42. The predicted octanol–water partition coefficient (Wildman–Crippen LogP) is 2.31. The molecule has 1 aromatic carbocycles. The van der Waals surface area contributed by atoms with Gasteiger partial charge in [0.2, 0.25) is 0 Å². The van der Waals surface area contributed by atoms with Gasteiger partial charge in [0.05, 0.1) is 19.3 Å². The topological polar surface area (TPSA) is 60.2 Å². The van der Waals surface area contributed by atoms with Crippen LogP contribution in [0.15, 0.2) is 36.9 Å². The van der Waals surface area contributed by atoms with E-state index in [0.29, 0.717) is 13.0 Å². The van der Waals surface area contributed by atoms with Gasteiger partial charge >= 0.3 is 0 Å². The summed E-state index contributed by atoms with van der Waals surface area (Å²) in [5.74, 6) is 0.791. The minimum absolute atomic E-state index is 0.320.